The molecule has 2 aromatic carbocycles. The van der Waals surface area contributed by atoms with Gasteiger partial charge in [0.15, 0.2) is 10.2 Å². The maximum atomic E-state index is 13.2. The van der Waals surface area contributed by atoms with Gasteiger partial charge in [-0.25, -0.2) is 0 Å². The van der Waals surface area contributed by atoms with Gasteiger partial charge in [0, 0.05) is 4.90 Å². The van der Waals surface area contributed by atoms with E-state index in [-0.39, 0.29) is 10.7 Å². The van der Waals surface area contributed by atoms with Crippen LogP contribution in [0.1, 0.15) is 22.5 Å². The van der Waals surface area contributed by atoms with Gasteiger partial charge in [-0.05, 0) is 80.5 Å². The van der Waals surface area contributed by atoms with Crippen molar-refractivity contribution >= 4 is 52.7 Å². The molecule has 0 radical (unpaired) electrons. The zero-order valence-electron chi connectivity index (χ0n) is 17.3. The molecule has 3 aromatic rings. The summed E-state index contributed by atoms with van der Waals surface area (Å²) < 4.78 is 5.83. The maximum Gasteiger partial charge on any atom is 0.270 e. The molecule has 1 N–H and O–H groups in total. The molecule has 1 aliphatic rings. The van der Waals surface area contributed by atoms with Gasteiger partial charge in [0.1, 0.15) is 11.3 Å². The Labute approximate surface area is 190 Å². The van der Waals surface area contributed by atoms with Crippen molar-refractivity contribution in [3.05, 3.63) is 82.6 Å². The number of hydrogen-bond acceptors (Lipinski definition) is 5. The summed E-state index contributed by atoms with van der Waals surface area (Å²) >= 11 is 6.76. The van der Waals surface area contributed by atoms with Crippen LogP contribution in [0.5, 0.6) is 0 Å². The van der Waals surface area contributed by atoms with E-state index in [0.29, 0.717) is 16.5 Å². The topological polar surface area (TPSA) is 62.6 Å². The van der Waals surface area contributed by atoms with Crippen LogP contribution in [0.3, 0.4) is 0 Å². The van der Waals surface area contributed by atoms with Crippen LogP contribution in [0.25, 0.3) is 6.08 Å². The lowest BCUT2D eigenvalue weighted by atomic mass is 10.1. The number of carbonyl (C=O) groups is 2. The van der Waals surface area contributed by atoms with Gasteiger partial charge in [0.25, 0.3) is 11.8 Å². The molecule has 0 bridgehead atoms. The van der Waals surface area contributed by atoms with Crippen LogP contribution in [0.2, 0.25) is 0 Å². The third-order valence-corrected chi connectivity index (χ3v) is 6.05. The number of rotatable bonds is 4. The Morgan fingerprint density at radius 3 is 2.42 bits per heavy atom. The number of furan rings is 1. The van der Waals surface area contributed by atoms with E-state index < -0.39 is 11.8 Å². The molecule has 4 rings (SSSR count). The first kappa shape index (κ1) is 21.1. The van der Waals surface area contributed by atoms with E-state index in [9.17, 15) is 9.59 Å². The summed E-state index contributed by atoms with van der Waals surface area (Å²) in [4.78, 5) is 28.1. The van der Waals surface area contributed by atoms with Crippen molar-refractivity contribution in [1.82, 2.24) is 5.32 Å². The molecular formula is C24H20N2O3S2. The zero-order chi connectivity index (χ0) is 22.1. The minimum absolute atomic E-state index is 0.0317. The number of nitrogens with zero attached hydrogens (tertiary/aromatic N) is 1. The highest BCUT2D eigenvalue weighted by atomic mass is 32.2. The van der Waals surface area contributed by atoms with Crippen molar-refractivity contribution in [1.29, 1.82) is 0 Å². The normalized spacial score (nSPS) is 15.5. The fourth-order valence-corrected chi connectivity index (χ4v) is 4.22. The van der Waals surface area contributed by atoms with E-state index in [2.05, 4.69) is 5.32 Å². The SMILES string of the molecule is Cc1ccc(Sc2ccc(/C=C3\C(=O)NC(=S)N(c4cc(C)ccc4C)C3=O)o2)cc1. The summed E-state index contributed by atoms with van der Waals surface area (Å²) in [5, 5.41) is 3.34. The third kappa shape index (κ3) is 4.47. The van der Waals surface area contributed by atoms with Gasteiger partial charge in [0.2, 0.25) is 0 Å². The Kier molecular flexibility index (Phi) is 5.80. The van der Waals surface area contributed by atoms with Gasteiger partial charge in [-0.3, -0.25) is 19.8 Å². The zero-order valence-corrected chi connectivity index (χ0v) is 18.9. The Bertz CT molecular complexity index is 1230. The van der Waals surface area contributed by atoms with E-state index >= 15 is 0 Å². The van der Waals surface area contributed by atoms with E-state index in [0.717, 1.165) is 16.0 Å². The van der Waals surface area contributed by atoms with Crippen LogP contribution in [0.4, 0.5) is 5.69 Å². The Morgan fingerprint density at radius 2 is 1.68 bits per heavy atom. The predicted octanol–water partition coefficient (Wildman–Crippen LogP) is 5.19. The van der Waals surface area contributed by atoms with Crippen molar-refractivity contribution in [2.24, 2.45) is 0 Å². The molecule has 0 aliphatic carbocycles. The van der Waals surface area contributed by atoms with Crippen LogP contribution in [-0.4, -0.2) is 16.9 Å². The van der Waals surface area contributed by atoms with Gasteiger partial charge >= 0.3 is 0 Å². The largest absolute Gasteiger partial charge is 0.450 e. The number of amides is 2. The smallest absolute Gasteiger partial charge is 0.270 e. The van der Waals surface area contributed by atoms with Gasteiger partial charge in [-0.1, -0.05) is 41.6 Å². The van der Waals surface area contributed by atoms with E-state index in [1.165, 1.54) is 28.3 Å². The summed E-state index contributed by atoms with van der Waals surface area (Å²) in [7, 11) is 0. The number of aryl methyl sites for hydroxylation is 3. The Balaban J connectivity index is 1.62. The molecule has 1 saturated heterocycles. The van der Waals surface area contributed by atoms with Gasteiger partial charge < -0.3 is 4.42 Å². The summed E-state index contributed by atoms with van der Waals surface area (Å²) in [6, 6.07) is 17.4. The van der Waals surface area contributed by atoms with E-state index in [1.54, 1.807) is 6.07 Å². The molecule has 0 spiro atoms. The van der Waals surface area contributed by atoms with Crippen LogP contribution in [0, 0.1) is 20.8 Å². The molecular weight excluding hydrogens is 428 g/mol. The molecule has 31 heavy (non-hydrogen) atoms. The first-order chi connectivity index (χ1) is 14.8. The number of carbonyl (C=O) groups excluding carboxylic acids is 2. The monoisotopic (exact) mass is 448 g/mol. The molecule has 0 unspecified atom stereocenters. The number of anilines is 1. The summed E-state index contributed by atoms with van der Waals surface area (Å²) in [6.07, 6.45) is 1.46. The second kappa shape index (κ2) is 8.53. The first-order valence-electron chi connectivity index (χ1n) is 9.65. The molecule has 1 aromatic heterocycles. The fourth-order valence-electron chi connectivity index (χ4n) is 3.17. The predicted molar refractivity (Wildman–Crippen MR) is 126 cm³/mol. The lowest BCUT2D eigenvalue weighted by Gasteiger charge is -2.30. The molecule has 2 heterocycles. The van der Waals surface area contributed by atoms with Crippen molar-refractivity contribution in [3.63, 3.8) is 0 Å². The summed E-state index contributed by atoms with van der Waals surface area (Å²) in [5.41, 5.74) is 3.67. The molecule has 1 aliphatic heterocycles. The van der Waals surface area contributed by atoms with Crippen molar-refractivity contribution in [2.75, 3.05) is 4.90 Å². The number of hydrogen-bond donors (Lipinski definition) is 1. The van der Waals surface area contributed by atoms with E-state index in [4.69, 9.17) is 16.6 Å². The first-order valence-corrected chi connectivity index (χ1v) is 10.9. The third-order valence-electron chi connectivity index (χ3n) is 4.84. The second-order valence-corrected chi connectivity index (χ2v) is 8.78. The van der Waals surface area contributed by atoms with Crippen molar-refractivity contribution < 1.29 is 14.0 Å². The minimum atomic E-state index is -0.541. The quantitative estimate of drug-likeness (QED) is 0.338. The lowest BCUT2D eigenvalue weighted by Crippen LogP contribution is -2.54. The minimum Gasteiger partial charge on any atom is -0.450 e. The van der Waals surface area contributed by atoms with Crippen LogP contribution in [0.15, 0.2) is 74.6 Å². The number of nitrogens with one attached hydrogen (secondary N) is 1. The second-order valence-electron chi connectivity index (χ2n) is 7.32. The Morgan fingerprint density at radius 1 is 0.968 bits per heavy atom. The molecule has 1 fully saturated rings. The van der Waals surface area contributed by atoms with Crippen LogP contribution < -0.4 is 10.2 Å². The lowest BCUT2D eigenvalue weighted by molar-refractivity contribution is -0.122. The number of benzene rings is 2. The Hall–Kier alpha value is -3.16. The molecule has 2 amide bonds. The van der Waals surface area contributed by atoms with Gasteiger partial charge in [-0.15, -0.1) is 0 Å². The van der Waals surface area contributed by atoms with Crippen LogP contribution >= 0.6 is 24.0 Å². The van der Waals surface area contributed by atoms with Crippen molar-refractivity contribution in [2.45, 2.75) is 30.8 Å². The number of thiocarbonyl (C=S) groups is 1. The van der Waals surface area contributed by atoms with Crippen molar-refractivity contribution in [3.8, 4) is 0 Å². The fraction of sp³-hybridized carbons (Fsp3) is 0.125. The highest BCUT2D eigenvalue weighted by Gasteiger charge is 2.35. The highest BCUT2D eigenvalue weighted by Crippen LogP contribution is 2.31. The summed E-state index contributed by atoms with van der Waals surface area (Å²) in [6.45, 7) is 5.86. The maximum absolute atomic E-state index is 13.2. The molecule has 7 heteroatoms. The summed E-state index contributed by atoms with van der Waals surface area (Å²) in [5.74, 6) is -0.603. The standard InChI is InChI=1S/C24H20N2O3S2/c1-14-5-9-18(10-6-14)31-21-11-8-17(29-21)13-19-22(27)25-24(30)26(23(19)28)20-12-15(2)4-7-16(20)3/h4-13H,1-3H3,(H,25,27,30)/b19-13+. The average molecular weight is 449 g/mol. The molecule has 5 nitrogen and oxygen atoms in total. The van der Waals surface area contributed by atoms with Crippen LogP contribution in [-0.2, 0) is 9.59 Å². The molecule has 0 atom stereocenters. The average Bonchev–Trinajstić information content (AvgIpc) is 3.16. The van der Waals surface area contributed by atoms with Gasteiger partial charge in [0.05, 0.1) is 5.69 Å². The van der Waals surface area contributed by atoms with Gasteiger partial charge in [-0.2, -0.15) is 0 Å². The highest BCUT2D eigenvalue weighted by molar-refractivity contribution is 7.99. The molecule has 0 saturated carbocycles. The van der Waals surface area contributed by atoms with E-state index in [1.807, 2.05) is 69.3 Å². The molecule has 156 valence electrons.